The lowest BCUT2D eigenvalue weighted by molar-refractivity contribution is -0.220. The summed E-state index contributed by atoms with van der Waals surface area (Å²) in [5, 5.41) is 0. The molecule has 1 heterocycles. The van der Waals surface area contributed by atoms with E-state index >= 15 is 0 Å². The van der Waals surface area contributed by atoms with Gasteiger partial charge in [-0.25, -0.2) is 4.39 Å². The summed E-state index contributed by atoms with van der Waals surface area (Å²) in [4.78, 5) is 0. The third kappa shape index (κ3) is 1.44. The first-order valence-corrected chi connectivity index (χ1v) is 5.94. The van der Waals surface area contributed by atoms with Crippen LogP contribution in [-0.2, 0) is 10.4 Å². The lowest BCUT2D eigenvalue weighted by Gasteiger charge is -2.56. The van der Waals surface area contributed by atoms with Gasteiger partial charge in [-0.15, -0.1) is 0 Å². The van der Waals surface area contributed by atoms with Crippen molar-refractivity contribution in [2.45, 2.75) is 18.5 Å². The molecule has 0 amide bonds. The normalized spacial score (nSPS) is 25.7. The van der Waals surface area contributed by atoms with Gasteiger partial charge in [0.15, 0.2) is 0 Å². The molecule has 0 bridgehead atoms. The lowest BCUT2D eigenvalue weighted by atomic mass is 9.57. The maximum Gasteiger partial charge on any atom is 0.137 e. The fourth-order valence-corrected chi connectivity index (χ4v) is 3.10. The number of hydrogen-bond donors (Lipinski definition) is 0. The number of benzene rings is 1. The molecule has 1 spiro atoms. The Balaban J connectivity index is 1.83. The molecular formula is C12H12BrFO. The highest BCUT2D eigenvalue weighted by molar-refractivity contribution is 9.10. The van der Waals surface area contributed by atoms with Crippen molar-refractivity contribution >= 4 is 15.9 Å². The van der Waals surface area contributed by atoms with E-state index in [0.29, 0.717) is 12.8 Å². The molecule has 3 heteroatoms. The van der Waals surface area contributed by atoms with Crippen LogP contribution < -0.4 is 0 Å². The summed E-state index contributed by atoms with van der Waals surface area (Å²) < 4.78 is 20.6. The maximum atomic E-state index is 14.5. The molecule has 1 aliphatic carbocycles. The monoisotopic (exact) mass is 270 g/mol. The standard InChI is InChI=1S/C12H12BrFO/c13-10-3-1-2-9(4-10)12(14)5-11(6-12)7-15-8-11/h1-4H,5-8H2. The van der Waals surface area contributed by atoms with Crippen molar-refractivity contribution in [2.24, 2.45) is 5.41 Å². The van der Waals surface area contributed by atoms with E-state index in [9.17, 15) is 4.39 Å². The van der Waals surface area contributed by atoms with Crippen LogP contribution in [0.2, 0.25) is 0 Å². The molecule has 3 rings (SSSR count). The largest absolute Gasteiger partial charge is 0.380 e. The molecule has 1 aromatic carbocycles. The Bertz CT molecular complexity index is 392. The molecule has 1 saturated carbocycles. The number of hydrogen-bond acceptors (Lipinski definition) is 1. The average molecular weight is 271 g/mol. The van der Waals surface area contributed by atoms with E-state index in [2.05, 4.69) is 15.9 Å². The van der Waals surface area contributed by atoms with Gasteiger partial charge in [-0.2, -0.15) is 0 Å². The number of rotatable bonds is 1. The van der Waals surface area contributed by atoms with Crippen LogP contribution in [0.3, 0.4) is 0 Å². The summed E-state index contributed by atoms with van der Waals surface area (Å²) >= 11 is 3.38. The third-order valence-electron chi connectivity index (χ3n) is 3.47. The first-order valence-electron chi connectivity index (χ1n) is 5.15. The smallest absolute Gasteiger partial charge is 0.137 e. The molecule has 1 nitrogen and oxygen atoms in total. The van der Waals surface area contributed by atoms with Gasteiger partial charge in [0, 0.05) is 9.89 Å². The third-order valence-corrected chi connectivity index (χ3v) is 3.96. The minimum absolute atomic E-state index is 0.164. The summed E-state index contributed by atoms with van der Waals surface area (Å²) in [6, 6.07) is 7.57. The number of ether oxygens (including phenoxy) is 1. The molecule has 15 heavy (non-hydrogen) atoms. The lowest BCUT2D eigenvalue weighted by Crippen LogP contribution is -2.57. The van der Waals surface area contributed by atoms with Gasteiger partial charge in [-0.3, -0.25) is 0 Å². The SMILES string of the molecule is FC1(c2cccc(Br)c2)CC2(COC2)C1. The Morgan fingerprint density at radius 1 is 1.27 bits per heavy atom. The highest BCUT2D eigenvalue weighted by Crippen LogP contribution is 2.60. The molecule has 0 radical (unpaired) electrons. The zero-order valence-corrected chi connectivity index (χ0v) is 9.89. The Hall–Kier alpha value is -0.410. The predicted molar refractivity (Wildman–Crippen MR) is 59.4 cm³/mol. The fourth-order valence-electron chi connectivity index (χ4n) is 2.70. The molecule has 0 N–H and O–H groups in total. The molecule has 2 aliphatic rings. The molecule has 1 saturated heterocycles. The zero-order valence-electron chi connectivity index (χ0n) is 8.30. The van der Waals surface area contributed by atoms with Crippen LogP contribution in [0.1, 0.15) is 18.4 Å². The van der Waals surface area contributed by atoms with E-state index in [1.807, 2.05) is 24.3 Å². The highest BCUT2D eigenvalue weighted by atomic mass is 79.9. The van der Waals surface area contributed by atoms with Crippen molar-refractivity contribution in [1.82, 2.24) is 0 Å². The summed E-state index contributed by atoms with van der Waals surface area (Å²) in [6.45, 7) is 1.49. The Kier molecular flexibility index (Phi) is 1.99. The molecule has 1 aliphatic heterocycles. The van der Waals surface area contributed by atoms with Crippen LogP contribution in [0.4, 0.5) is 4.39 Å². The van der Waals surface area contributed by atoms with Gasteiger partial charge >= 0.3 is 0 Å². The quantitative estimate of drug-likeness (QED) is 0.760. The van der Waals surface area contributed by atoms with Gasteiger partial charge in [-0.1, -0.05) is 28.1 Å². The second-order valence-corrected chi connectivity index (χ2v) is 5.74. The summed E-state index contributed by atoms with van der Waals surface area (Å²) in [5.41, 5.74) is -0.153. The van der Waals surface area contributed by atoms with Crippen molar-refractivity contribution in [2.75, 3.05) is 13.2 Å². The van der Waals surface area contributed by atoms with Crippen molar-refractivity contribution in [3.8, 4) is 0 Å². The minimum atomic E-state index is -1.12. The Morgan fingerprint density at radius 2 is 2.00 bits per heavy atom. The highest BCUT2D eigenvalue weighted by Gasteiger charge is 2.59. The maximum absolute atomic E-state index is 14.5. The molecule has 0 aromatic heterocycles. The van der Waals surface area contributed by atoms with Gasteiger partial charge in [-0.05, 0) is 30.5 Å². The van der Waals surface area contributed by atoms with E-state index < -0.39 is 5.67 Å². The van der Waals surface area contributed by atoms with E-state index in [1.54, 1.807) is 0 Å². The van der Waals surface area contributed by atoms with Crippen molar-refractivity contribution < 1.29 is 9.13 Å². The van der Waals surface area contributed by atoms with Crippen LogP contribution in [0, 0.1) is 5.41 Å². The van der Waals surface area contributed by atoms with E-state index in [4.69, 9.17) is 4.74 Å². The Morgan fingerprint density at radius 3 is 2.53 bits per heavy atom. The topological polar surface area (TPSA) is 9.23 Å². The fraction of sp³-hybridized carbons (Fsp3) is 0.500. The average Bonchev–Trinajstić information content (AvgIpc) is 2.10. The van der Waals surface area contributed by atoms with Gasteiger partial charge in [0.05, 0.1) is 13.2 Å². The first kappa shape index (κ1) is 9.79. The van der Waals surface area contributed by atoms with Crippen molar-refractivity contribution in [3.05, 3.63) is 34.3 Å². The summed E-state index contributed by atoms with van der Waals surface area (Å²) in [6.07, 6.45) is 1.24. The second kappa shape index (κ2) is 3.05. The molecule has 0 atom stereocenters. The van der Waals surface area contributed by atoms with Crippen LogP contribution >= 0.6 is 15.9 Å². The van der Waals surface area contributed by atoms with Gasteiger partial charge < -0.3 is 4.74 Å². The van der Waals surface area contributed by atoms with E-state index in [-0.39, 0.29) is 5.41 Å². The predicted octanol–water partition coefficient (Wildman–Crippen LogP) is 3.42. The van der Waals surface area contributed by atoms with E-state index in [1.165, 1.54) is 0 Å². The second-order valence-electron chi connectivity index (χ2n) is 4.82. The van der Waals surface area contributed by atoms with Crippen LogP contribution in [0.25, 0.3) is 0 Å². The molecule has 1 aromatic rings. The van der Waals surface area contributed by atoms with Crippen LogP contribution in [0.15, 0.2) is 28.7 Å². The molecule has 80 valence electrons. The molecule has 0 unspecified atom stereocenters. The van der Waals surface area contributed by atoms with Gasteiger partial charge in [0.2, 0.25) is 0 Å². The van der Waals surface area contributed by atoms with Gasteiger partial charge in [0.1, 0.15) is 5.67 Å². The van der Waals surface area contributed by atoms with Crippen molar-refractivity contribution in [3.63, 3.8) is 0 Å². The number of alkyl halides is 1. The summed E-state index contributed by atoms with van der Waals surface area (Å²) in [5.74, 6) is 0. The van der Waals surface area contributed by atoms with Crippen LogP contribution in [-0.4, -0.2) is 13.2 Å². The van der Waals surface area contributed by atoms with E-state index in [0.717, 1.165) is 23.2 Å². The molecule has 2 fully saturated rings. The molecular weight excluding hydrogens is 259 g/mol. The van der Waals surface area contributed by atoms with Gasteiger partial charge in [0.25, 0.3) is 0 Å². The summed E-state index contributed by atoms with van der Waals surface area (Å²) in [7, 11) is 0. The zero-order chi connectivity index (χ0) is 10.5. The first-order chi connectivity index (χ1) is 7.12. The number of halogens is 2. The minimum Gasteiger partial charge on any atom is -0.380 e. The van der Waals surface area contributed by atoms with Crippen molar-refractivity contribution in [1.29, 1.82) is 0 Å². The van der Waals surface area contributed by atoms with Crippen LogP contribution in [0.5, 0.6) is 0 Å². The Labute approximate surface area is 96.8 Å².